The van der Waals surface area contributed by atoms with Crippen molar-refractivity contribution in [2.45, 2.75) is 33.2 Å². The fraction of sp³-hybridized carbons (Fsp3) is 0.381. The van der Waals surface area contributed by atoms with Gasteiger partial charge < -0.3 is 19.4 Å². The number of ether oxygens (including phenoxy) is 1. The van der Waals surface area contributed by atoms with Crippen LogP contribution < -0.4 is 10.2 Å². The first-order valence-corrected chi connectivity index (χ1v) is 9.20. The number of nitrogens with one attached hydrogen (secondary N) is 1. The Labute approximate surface area is 164 Å². The lowest BCUT2D eigenvalue weighted by atomic mass is 10.1. The summed E-state index contributed by atoms with van der Waals surface area (Å²) in [4.78, 5) is 38.0. The number of rotatable bonds is 9. The molecule has 2 amide bonds. The van der Waals surface area contributed by atoms with Gasteiger partial charge in [-0.2, -0.15) is 0 Å². The average Bonchev–Trinajstić information content (AvgIpc) is 3.21. The summed E-state index contributed by atoms with van der Waals surface area (Å²) in [6, 6.07) is 10.2. The summed E-state index contributed by atoms with van der Waals surface area (Å²) in [5.74, 6) is -0.134. The summed E-state index contributed by atoms with van der Waals surface area (Å²) in [7, 11) is 1.54. The number of anilines is 1. The third kappa shape index (κ3) is 6.26. The van der Waals surface area contributed by atoms with E-state index in [-0.39, 0.29) is 25.5 Å². The Morgan fingerprint density at radius 2 is 1.89 bits per heavy atom. The van der Waals surface area contributed by atoms with Crippen LogP contribution in [0.5, 0.6) is 0 Å². The van der Waals surface area contributed by atoms with Crippen LogP contribution in [0.25, 0.3) is 0 Å². The summed E-state index contributed by atoms with van der Waals surface area (Å²) in [6.07, 6.45) is 2.52. The standard InChI is InChI=1S/C21H26N2O5/c1-15(2)10-11-20(25)28-14-19(24)23(3)18-9-5-4-8-17(18)21(26)22-13-16-7-6-12-27-16/h4-9,12,15H,10-11,13-14H2,1-3H3,(H,22,26). The molecule has 0 fully saturated rings. The highest BCUT2D eigenvalue weighted by Crippen LogP contribution is 2.19. The number of furan rings is 1. The molecule has 1 N–H and O–H groups in total. The molecular formula is C21H26N2O5. The van der Waals surface area contributed by atoms with Gasteiger partial charge in [0, 0.05) is 13.5 Å². The fourth-order valence-corrected chi connectivity index (χ4v) is 2.49. The summed E-state index contributed by atoms with van der Waals surface area (Å²) in [5.41, 5.74) is 0.777. The minimum atomic E-state index is -0.413. The van der Waals surface area contributed by atoms with Gasteiger partial charge >= 0.3 is 5.97 Å². The Hall–Kier alpha value is -3.09. The van der Waals surface area contributed by atoms with Gasteiger partial charge in [0.1, 0.15) is 5.76 Å². The largest absolute Gasteiger partial charge is 0.467 e. The van der Waals surface area contributed by atoms with Crippen molar-refractivity contribution < 1.29 is 23.5 Å². The first kappa shape index (κ1) is 21.2. The Kier molecular flexibility index (Phi) is 7.80. The van der Waals surface area contributed by atoms with Crippen molar-refractivity contribution in [2.75, 3.05) is 18.6 Å². The van der Waals surface area contributed by atoms with Crippen LogP contribution in [0.2, 0.25) is 0 Å². The Bertz CT molecular complexity index is 799. The van der Waals surface area contributed by atoms with E-state index in [1.54, 1.807) is 43.4 Å². The summed E-state index contributed by atoms with van der Waals surface area (Å²) in [5, 5.41) is 2.76. The normalized spacial score (nSPS) is 10.6. The second-order valence-corrected chi connectivity index (χ2v) is 6.83. The van der Waals surface area contributed by atoms with Gasteiger partial charge in [0.25, 0.3) is 11.8 Å². The van der Waals surface area contributed by atoms with E-state index in [4.69, 9.17) is 9.15 Å². The van der Waals surface area contributed by atoms with Gasteiger partial charge in [-0.15, -0.1) is 0 Å². The van der Waals surface area contributed by atoms with Crippen molar-refractivity contribution in [3.63, 3.8) is 0 Å². The molecule has 2 rings (SSSR count). The van der Waals surface area contributed by atoms with E-state index < -0.39 is 11.9 Å². The Morgan fingerprint density at radius 1 is 1.14 bits per heavy atom. The van der Waals surface area contributed by atoms with Crippen LogP contribution >= 0.6 is 0 Å². The van der Waals surface area contributed by atoms with Crippen LogP contribution in [0.15, 0.2) is 47.1 Å². The molecule has 150 valence electrons. The molecule has 1 heterocycles. The van der Waals surface area contributed by atoms with Crippen LogP contribution in [0.3, 0.4) is 0 Å². The van der Waals surface area contributed by atoms with Crippen molar-refractivity contribution in [1.29, 1.82) is 0 Å². The zero-order valence-corrected chi connectivity index (χ0v) is 16.4. The molecule has 0 atom stereocenters. The van der Waals surface area contributed by atoms with Crippen molar-refractivity contribution >= 4 is 23.5 Å². The SMILES string of the molecule is CC(C)CCC(=O)OCC(=O)N(C)c1ccccc1C(=O)NCc1ccco1. The first-order chi connectivity index (χ1) is 13.4. The number of benzene rings is 1. The Morgan fingerprint density at radius 3 is 2.57 bits per heavy atom. The van der Waals surface area contributed by atoms with E-state index in [0.717, 1.165) is 0 Å². The number of amides is 2. The van der Waals surface area contributed by atoms with Gasteiger partial charge in [-0.3, -0.25) is 14.4 Å². The molecule has 1 aromatic carbocycles. The monoisotopic (exact) mass is 386 g/mol. The summed E-state index contributed by atoms with van der Waals surface area (Å²) < 4.78 is 10.2. The molecule has 0 bridgehead atoms. The number of para-hydroxylation sites is 1. The summed E-state index contributed by atoms with van der Waals surface area (Å²) in [6.45, 7) is 3.90. The minimum absolute atomic E-state index is 0.241. The molecular weight excluding hydrogens is 360 g/mol. The molecule has 0 aliphatic rings. The maximum atomic E-state index is 12.5. The van der Waals surface area contributed by atoms with Crippen LogP contribution in [0.4, 0.5) is 5.69 Å². The van der Waals surface area contributed by atoms with Gasteiger partial charge in [0.05, 0.1) is 24.1 Å². The number of carbonyl (C=O) groups excluding carboxylic acids is 3. The number of hydrogen-bond donors (Lipinski definition) is 1. The van der Waals surface area contributed by atoms with Crippen molar-refractivity contribution in [2.24, 2.45) is 5.92 Å². The van der Waals surface area contributed by atoms with Gasteiger partial charge in [-0.05, 0) is 36.6 Å². The third-order valence-corrected chi connectivity index (χ3v) is 4.17. The molecule has 0 radical (unpaired) electrons. The van der Waals surface area contributed by atoms with Crippen LogP contribution in [-0.4, -0.2) is 31.4 Å². The van der Waals surface area contributed by atoms with E-state index in [1.165, 1.54) is 11.2 Å². The topological polar surface area (TPSA) is 88.9 Å². The van der Waals surface area contributed by atoms with Gasteiger partial charge in [-0.25, -0.2) is 0 Å². The molecule has 0 aliphatic heterocycles. The lowest BCUT2D eigenvalue weighted by Gasteiger charge is -2.20. The zero-order chi connectivity index (χ0) is 20.5. The van der Waals surface area contributed by atoms with Crippen molar-refractivity contribution in [3.8, 4) is 0 Å². The fourth-order valence-electron chi connectivity index (χ4n) is 2.49. The second kappa shape index (κ2) is 10.3. The van der Waals surface area contributed by atoms with Crippen molar-refractivity contribution in [3.05, 3.63) is 54.0 Å². The van der Waals surface area contributed by atoms with Gasteiger partial charge in [0.2, 0.25) is 0 Å². The highest BCUT2D eigenvalue weighted by Gasteiger charge is 2.19. The number of likely N-dealkylation sites (N-methyl/N-ethyl adjacent to an activating group) is 1. The minimum Gasteiger partial charge on any atom is -0.467 e. The molecule has 0 aliphatic carbocycles. The summed E-state index contributed by atoms with van der Waals surface area (Å²) >= 11 is 0. The Balaban J connectivity index is 1.96. The van der Waals surface area contributed by atoms with Gasteiger partial charge in [0.15, 0.2) is 6.61 Å². The average molecular weight is 386 g/mol. The number of hydrogen-bond acceptors (Lipinski definition) is 5. The lowest BCUT2D eigenvalue weighted by molar-refractivity contribution is -0.148. The maximum absolute atomic E-state index is 12.5. The third-order valence-electron chi connectivity index (χ3n) is 4.17. The van der Waals surface area contributed by atoms with Crippen LogP contribution in [-0.2, 0) is 20.9 Å². The molecule has 0 saturated carbocycles. The van der Waals surface area contributed by atoms with E-state index in [1.807, 2.05) is 13.8 Å². The maximum Gasteiger partial charge on any atom is 0.306 e. The number of esters is 1. The predicted octanol–water partition coefficient (Wildman–Crippen LogP) is 3.15. The van der Waals surface area contributed by atoms with Crippen LogP contribution in [0, 0.1) is 5.92 Å². The van der Waals surface area contributed by atoms with Crippen molar-refractivity contribution in [1.82, 2.24) is 5.32 Å². The first-order valence-electron chi connectivity index (χ1n) is 9.20. The zero-order valence-electron chi connectivity index (χ0n) is 16.4. The van der Waals surface area contributed by atoms with Crippen LogP contribution in [0.1, 0.15) is 42.8 Å². The quantitative estimate of drug-likeness (QED) is 0.669. The second-order valence-electron chi connectivity index (χ2n) is 6.83. The number of nitrogens with zero attached hydrogens (tertiary/aromatic N) is 1. The molecule has 0 spiro atoms. The molecule has 1 aromatic heterocycles. The molecule has 28 heavy (non-hydrogen) atoms. The molecule has 0 saturated heterocycles. The van der Waals surface area contributed by atoms with E-state index in [0.29, 0.717) is 29.3 Å². The van der Waals surface area contributed by atoms with E-state index in [9.17, 15) is 14.4 Å². The molecule has 7 heteroatoms. The number of carbonyl (C=O) groups is 3. The predicted molar refractivity (Wildman–Crippen MR) is 105 cm³/mol. The highest BCUT2D eigenvalue weighted by molar-refractivity contribution is 6.05. The lowest BCUT2D eigenvalue weighted by Crippen LogP contribution is -2.33. The highest BCUT2D eigenvalue weighted by atomic mass is 16.5. The van der Waals surface area contributed by atoms with E-state index in [2.05, 4.69) is 5.32 Å². The van der Waals surface area contributed by atoms with Gasteiger partial charge in [-0.1, -0.05) is 26.0 Å². The van der Waals surface area contributed by atoms with E-state index >= 15 is 0 Å². The molecule has 7 nitrogen and oxygen atoms in total. The smallest absolute Gasteiger partial charge is 0.306 e. The molecule has 2 aromatic rings. The molecule has 0 unspecified atom stereocenters.